The summed E-state index contributed by atoms with van der Waals surface area (Å²) in [5, 5.41) is 9.24. The van der Waals surface area contributed by atoms with Gasteiger partial charge in [-0.15, -0.1) is 0 Å². The molecule has 132 valence electrons. The van der Waals surface area contributed by atoms with Crippen LogP contribution in [0.3, 0.4) is 0 Å². The Morgan fingerprint density at radius 1 is 1.43 bits per heavy atom. The van der Waals surface area contributed by atoms with Crippen LogP contribution in [0.25, 0.3) is 0 Å². The lowest BCUT2D eigenvalue weighted by Crippen LogP contribution is -2.08. The molecule has 23 heavy (non-hydrogen) atoms. The maximum atomic E-state index is 9.24. The normalized spacial score (nSPS) is 25.7. The first-order valence-electron chi connectivity index (χ1n) is 9.19. The van der Waals surface area contributed by atoms with Gasteiger partial charge in [0, 0.05) is 18.9 Å². The molecule has 0 bridgehead atoms. The summed E-state index contributed by atoms with van der Waals surface area (Å²) in [6, 6.07) is 0. The predicted molar refractivity (Wildman–Crippen MR) is 98.9 cm³/mol. The minimum Gasteiger partial charge on any atom is -0.502 e. The van der Waals surface area contributed by atoms with Gasteiger partial charge in [-0.2, -0.15) is 0 Å². The number of hydrogen-bond donors (Lipinski definition) is 1. The Kier molecular flexibility index (Phi) is 10.7. The average Bonchev–Trinajstić information content (AvgIpc) is 2.61. The lowest BCUT2D eigenvalue weighted by Gasteiger charge is -2.16. The quantitative estimate of drug-likeness (QED) is 0.484. The Morgan fingerprint density at radius 3 is 3.00 bits per heavy atom. The summed E-state index contributed by atoms with van der Waals surface area (Å²) in [6.07, 6.45) is 14.2. The Labute approximate surface area is 142 Å². The smallest absolute Gasteiger partial charge is 0.0873 e. The van der Waals surface area contributed by atoms with E-state index in [0.717, 1.165) is 31.9 Å². The van der Waals surface area contributed by atoms with Gasteiger partial charge in [0.1, 0.15) is 0 Å². The third-order valence-corrected chi connectivity index (χ3v) is 4.34. The molecule has 0 fully saturated rings. The van der Waals surface area contributed by atoms with Crippen LogP contribution in [0.4, 0.5) is 0 Å². The van der Waals surface area contributed by atoms with Crippen molar-refractivity contribution in [3.8, 4) is 0 Å². The number of aliphatic hydroxyl groups excluding tert-OH is 1. The van der Waals surface area contributed by atoms with Gasteiger partial charge in [0.15, 0.2) is 0 Å². The SMILES string of the molecule is C/C=C/OCCCCC1CCC/N=C(CC(C)CO)\C=C(\C)C1. The minimum atomic E-state index is 0.240. The van der Waals surface area contributed by atoms with Gasteiger partial charge in [0.25, 0.3) is 0 Å². The predicted octanol–water partition coefficient (Wildman–Crippen LogP) is 4.91. The minimum absolute atomic E-state index is 0.240. The van der Waals surface area contributed by atoms with Gasteiger partial charge in [-0.25, -0.2) is 0 Å². The van der Waals surface area contributed by atoms with E-state index in [1.54, 1.807) is 6.26 Å². The molecule has 1 aliphatic heterocycles. The number of allylic oxidation sites excluding steroid dienone is 3. The molecule has 2 unspecified atom stereocenters. The number of rotatable bonds is 9. The van der Waals surface area contributed by atoms with Crippen molar-refractivity contribution in [3.63, 3.8) is 0 Å². The second-order valence-corrected chi connectivity index (χ2v) is 6.90. The van der Waals surface area contributed by atoms with Crippen LogP contribution in [0.5, 0.6) is 0 Å². The summed E-state index contributed by atoms with van der Waals surface area (Å²) < 4.78 is 5.39. The highest BCUT2D eigenvalue weighted by atomic mass is 16.5. The van der Waals surface area contributed by atoms with Gasteiger partial charge in [0.2, 0.25) is 0 Å². The summed E-state index contributed by atoms with van der Waals surface area (Å²) in [4.78, 5) is 4.75. The molecule has 3 heteroatoms. The van der Waals surface area contributed by atoms with Crippen molar-refractivity contribution in [2.24, 2.45) is 16.8 Å². The Bertz CT molecular complexity index is 398. The van der Waals surface area contributed by atoms with Gasteiger partial charge in [0.05, 0.1) is 12.9 Å². The van der Waals surface area contributed by atoms with Crippen molar-refractivity contribution in [2.75, 3.05) is 19.8 Å². The summed E-state index contributed by atoms with van der Waals surface area (Å²) >= 11 is 0. The van der Waals surface area contributed by atoms with E-state index in [1.165, 1.54) is 43.4 Å². The second-order valence-electron chi connectivity index (χ2n) is 6.90. The van der Waals surface area contributed by atoms with Crippen LogP contribution in [-0.2, 0) is 4.74 Å². The molecule has 1 N–H and O–H groups in total. The molecule has 1 rings (SSSR count). The van der Waals surface area contributed by atoms with Crippen molar-refractivity contribution in [3.05, 3.63) is 24.0 Å². The lowest BCUT2D eigenvalue weighted by molar-refractivity contribution is 0.236. The van der Waals surface area contributed by atoms with Crippen LogP contribution in [0.2, 0.25) is 0 Å². The van der Waals surface area contributed by atoms with Crippen molar-refractivity contribution >= 4 is 5.71 Å². The highest BCUT2D eigenvalue weighted by molar-refractivity contribution is 5.95. The lowest BCUT2D eigenvalue weighted by atomic mass is 9.90. The van der Waals surface area contributed by atoms with E-state index in [2.05, 4.69) is 19.9 Å². The van der Waals surface area contributed by atoms with E-state index >= 15 is 0 Å². The standard InChI is InChI=1S/C20H35NO2/c1-4-11-23-12-6-5-8-19-9-7-10-21-20(14-17(2)13-19)15-18(3)16-22/h4,11,14,18-19,22H,5-10,12-13,15-16H2,1-3H3/b11-4+,17-14-,21-20+. The molecule has 0 spiro atoms. The molecule has 0 saturated heterocycles. The first kappa shape index (κ1) is 20.0. The average molecular weight is 322 g/mol. The van der Waals surface area contributed by atoms with Gasteiger partial charge in [-0.1, -0.05) is 25.0 Å². The van der Waals surface area contributed by atoms with E-state index in [0.29, 0.717) is 5.92 Å². The maximum Gasteiger partial charge on any atom is 0.0873 e. The second kappa shape index (κ2) is 12.3. The monoisotopic (exact) mass is 321 g/mol. The number of aliphatic imine (C=N–C) groups is 1. The van der Waals surface area contributed by atoms with Gasteiger partial charge < -0.3 is 9.84 Å². The van der Waals surface area contributed by atoms with Crippen LogP contribution in [0, 0.1) is 11.8 Å². The third kappa shape index (κ3) is 9.60. The highest BCUT2D eigenvalue weighted by Crippen LogP contribution is 2.24. The highest BCUT2D eigenvalue weighted by Gasteiger charge is 2.13. The molecular weight excluding hydrogens is 286 g/mol. The molecule has 0 aliphatic carbocycles. The van der Waals surface area contributed by atoms with Gasteiger partial charge in [-0.05, 0) is 70.3 Å². The molecule has 0 amide bonds. The number of unbranched alkanes of at least 4 members (excludes halogenated alkanes) is 1. The molecule has 0 saturated carbocycles. The van der Waals surface area contributed by atoms with Gasteiger partial charge in [-0.3, -0.25) is 4.99 Å². The van der Waals surface area contributed by atoms with E-state index in [4.69, 9.17) is 9.73 Å². The fourth-order valence-electron chi connectivity index (χ4n) is 3.12. The van der Waals surface area contributed by atoms with E-state index in [9.17, 15) is 5.11 Å². The Balaban J connectivity index is 2.41. The Morgan fingerprint density at radius 2 is 2.26 bits per heavy atom. The van der Waals surface area contributed by atoms with Crippen molar-refractivity contribution in [1.29, 1.82) is 0 Å². The van der Waals surface area contributed by atoms with E-state index in [-0.39, 0.29) is 6.61 Å². The van der Waals surface area contributed by atoms with Crippen molar-refractivity contribution < 1.29 is 9.84 Å². The largest absolute Gasteiger partial charge is 0.502 e. The molecule has 2 atom stereocenters. The topological polar surface area (TPSA) is 41.8 Å². The van der Waals surface area contributed by atoms with E-state index < -0.39 is 0 Å². The Hall–Kier alpha value is -1.09. The maximum absolute atomic E-state index is 9.24. The van der Waals surface area contributed by atoms with Crippen LogP contribution < -0.4 is 0 Å². The number of ether oxygens (including phenoxy) is 1. The number of nitrogens with zero attached hydrogens (tertiary/aromatic N) is 1. The molecular formula is C20H35NO2. The van der Waals surface area contributed by atoms with Crippen LogP contribution in [-0.4, -0.2) is 30.6 Å². The summed E-state index contributed by atoms with van der Waals surface area (Å²) in [6.45, 7) is 8.29. The third-order valence-electron chi connectivity index (χ3n) is 4.34. The fourth-order valence-corrected chi connectivity index (χ4v) is 3.12. The summed E-state index contributed by atoms with van der Waals surface area (Å²) in [5.74, 6) is 1.07. The zero-order valence-electron chi connectivity index (χ0n) is 15.3. The molecule has 0 aromatic rings. The number of hydrogen-bond acceptors (Lipinski definition) is 3. The summed E-state index contributed by atoms with van der Waals surface area (Å²) in [5.41, 5.74) is 2.61. The molecule has 0 radical (unpaired) electrons. The summed E-state index contributed by atoms with van der Waals surface area (Å²) in [7, 11) is 0. The van der Waals surface area contributed by atoms with Crippen molar-refractivity contribution in [2.45, 2.75) is 65.7 Å². The van der Waals surface area contributed by atoms with Crippen LogP contribution in [0.15, 0.2) is 29.0 Å². The molecule has 0 aromatic carbocycles. The molecule has 1 heterocycles. The molecule has 1 aliphatic rings. The molecule has 0 aromatic heterocycles. The number of aliphatic hydroxyl groups is 1. The molecule has 3 nitrogen and oxygen atoms in total. The zero-order valence-corrected chi connectivity index (χ0v) is 15.3. The van der Waals surface area contributed by atoms with Crippen LogP contribution in [0.1, 0.15) is 65.7 Å². The fraction of sp³-hybridized carbons (Fsp3) is 0.750. The van der Waals surface area contributed by atoms with Crippen LogP contribution >= 0.6 is 0 Å². The van der Waals surface area contributed by atoms with Crippen molar-refractivity contribution in [1.82, 2.24) is 0 Å². The first-order valence-corrected chi connectivity index (χ1v) is 9.19. The van der Waals surface area contributed by atoms with Gasteiger partial charge >= 0.3 is 0 Å². The first-order chi connectivity index (χ1) is 11.2. The van der Waals surface area contributed by atoms with E-state index in [1.807, 2.05) is 13.0 Å². The zero-order chi connectivity index (χ0) is 16.9.